The second-order valence-corrected chi connectivity index (χ2v) is 11.9. The van der Waals surface area contributed by atoms with Crippen molar-refractivity contribution in [1.29, 1.82) is 0 Å². The zero-order valence-corrected chi connectivity index (χ0v) is 29.6. The third-order valence-electron chi connectivity index (χ3n) is 7.48. The summed E-state index contributed by atoms with van der Waals surface area (Å²) >= 11 is 0. The van der Waals surface area contributed by atoms with E-state index in [2.05, 4.69) is 86.8 Å². The highest BCUT2D eigenvalue weighted by Gasteiger charge is 2.15. The van der Waals surface area contributed by atoms with Gasteiger partial charge in [0.05, 0.1) is 6.61 Å². The monoisotopic (exact) mass is 641 g/mol. The van der Waals surface area contributed by atoms with Crippen LogP contribution in [0.1, 0.15) is 155 Å². The van der Waals surface area contributed by atoms with Gasteiger partial charge in [-0.2, -0.15) is 0 Å². The van der Waals surface area contributed by atoms with Crippen LogP contribution >= 0.6 is 0 Å². The van der Waals surface area contributed by atoms with Crippen molar-refractivity contribution in [3.63, 3.8) is 0 Å². The van der Waals surface area contributed by atoms with Crippen LogP contribution in [0, 0.1) is 0 Å². The predicted molar refractivity (Wildman–Crippen MR) is 196 cm³/mol. The molecule has 0 aromatic heterocycles. The Bertz CT molecular complexity index is 864. The highest BCUT2D eigenvalue weighted by molar-refractivity contribution is 5.70. The average molecular weight is 641 g/mol. The van der Waals surface area contributed by atoms with Crippen molar-refractivity contribution >= 4 is 11.9 Å². The number of allylic oxidation sites excluding steroid dienone is 12. The fourth-order valence-corrected chi connectivity index (χ4v) is 4.70. The Labute approximate surface area is 283 Å². The van der Waals surface area contributed by atoms with E-state index in [-0.39, 0.29) is 31.6 Å². The molecule has 46 heavy (non-hydrogen) atoms. The molecule has 0 aromatic carbocycles. The van der Waals surface area contributed by atoms with Gasteiger partial charge in [0.25, 0.3) is 0 Å². The molecule has 5 nitrogen and oxygen atoms in total. The lowest BCUT2D eigenvalue weighted by Gasteiger charge is -2.15. The molecule has 0 saturated carbocycles. The van der Waals surface area contributed by atoms with Crippen LogP contribution in [0.25, 0.3) is 0 Å². The van der Waals surface area contributed by atoms with Crippen LogP contribution in [0.4, 0.5) is 0 Å². The van der Waals surface area contributed by atoms with E-state index in [0.29, 0.717) is 12.8 Å². The molecule has 0 saturated heterocycles. The van der Waals surface area contributed by atoms with Crippen molar-refractivity contribution in [1.82, 2.24) is 0 Å². The van der Waals surface area contributed by atoms with E-state index >= 15 is 0 Å². The molecule has 1 N–H and O–H groups in total. The highest BCUT2D eigenvalue weighted by Crippen LogP contribution is 2.10. The van der Waals surface area contributed by atoms with Gasteiger partial charge in [0.15, 0.2) is 6.10 Å². The summed E-state index contributed by atoms with van der Waals surface area (Å²) in [7, 11) is 0. The largest absolute Gasteiger partial charge is 0.462 e. The predicted octanol–water partition coefficient (Wildman–Crippen LogP) is 11.4. The molecule has 1 atom stereocenters. The van der Waals surface area contributed by atoms with Gasteiger partial charge in [0.2, 0.25) is 0 Å². The summed E-state index contributed by atoms with van der Waals surface area (Å²) < 4.78 is 10.5. The molecule has 262 valence electrons. The standard InChI is InChI=1S/C41H68O5/c1-3-5-7-9-11-13-15-17-19-20-22-24-26-28-30-32-34-36-41(44)46-39(37-42)38-45-40(43)35-33-31-29-27-25-23-21-18-16-14-12-10-8-6-4-2/h6,8,12,14,17-19,21-22,24,28,30,39,42H,3-5,7,9-11,13,15-16,20,23,25-27,29,31-38H2,1-2H3/t39-/m0/s1. The molecule has 0 spiro atoms. The minimum atomic E-state index is -0.807. The quantitative estimate of drug-likeness (QED) is 0.0450. The van der Waals surface area contributed by atoms with Gasteiger partial charge in [-0.25, -0.2) is 0 Å². The topological polar surface area (TPSA) is 72.8 Å². The molecule has 0 fully saturated rings. The number of carbonyl (C=O) groups excluding carboxylic acids is 2. The van der Waals surface area contributed by atoms with Crippen LogP contribution in [0.2, 0.25) is 0 Å². The molecular formula is C41H68O5. The minimum absolute atomic E-state index is 0.0987. The van der Waals surface area contributed by atoms with E-state index in [1.54, 1.807) is 0 Å². The van der Waals surface area contributed by atoms with E-state index in [1.807, 2.05) is 0 Å². The molecule has 0 bridgehead atoms. The number of aliphatic hydroxyl groups is 1. The number of esters is 2. The summed E-state index contributed by atoms with van der Waals surface area (Å²) in [5.74, 6) is -0.679. The van der Waals surface area contributed by atoms with Crippen molar-refractivity contribution in [2.24, 2.45) is 0 Å². The lowest BCUT2D eigenvalue weighted by molar-refractivity contribution is -0.161. The minimum Gasteiger partial charge on any atom is -0.462 e. The van der Waals surface area contributed by atoms with Crippen molar-refractivity contribution in [2.75, 3.05) is 13.2 Å². The number of hydrogen-bond donors (Lipinski definition) is 1. The first kappa shape index (κ1) is 43.3. The average Bonchev–Trinajstić information content (AvgIpc) is 3.06. The van der Waals surface area contributed by atoms with E-state index in [9.17, 15) is 14.7 Å². The normalized spacial score (nSPS) is 13.0. The van der Waals surface area contributed by atoms with Gasteiger partial charge in [-0.3, -0.25) is 9.59 Å². The van der Waals surface area contributed by atoms with Gasteiger partial charge < -0.3 is 14.6 Å². The lowest BCUT2D eigenvalue weighted by Crippen LogP contribution is -2.28. The summed E-state index contributed by atoms with van der Waals surface area (Å²) in [6.07, 6.45) is 48.2. The zero-order valence-electron chi connectivity index (χ0n) is 29.6. The van der Waals surface area contributed by atoms with E-state index in [4.69, 9.17) is 9.47 Å². The van der Waals surface area contributed by atoms with Crippen LogP contribution in [0.3, 0.4) is 0 Å². The maximum Gasteiger partial charge on any atom is 0.306 e. The Morgan fingerprint density at radius 2 is 0.957 bits per heavy atom. The van der Waals surface area contributed by atoms with Crippen molar-refractivity contribution in [3.8, 4) is 0 Å². The van der Waals surface area contributed by atoms with Crippen molar-refractivity contribution in [2.45, 2.75) is 161 Å². The van der Waals surface area contributed by atoms with E-state index < -0.39 is 6.10 Å². The Morgan fingerprint density at radius 1 is 0.522 bits per heavy atom. The van der Waals surface area contributed by atoms with Crippen LogP contribution < -0.4 is 0 Å². The zero-order chi connectivity index (χ0) is 33.6. The van der Waals surface area contributed by atoms with Gasteiger partial charge >= 0.3 is 11.9 Å². The van der Waals surface area contributed by atoms with Gasteiger partial charge in [-0.05, 0) is 77.0 Å². The maximum atomic E-state index is 12.1. The fourth-order valence-electron chi connectivity index (χ4n) is 4.70. The summed E-state index contributed by atoms with van der Waals surface area (Å²) in [4.78, 5) is 24.2. The third-order valence-corrected chi connectivity index (χ3v) is 7.48. The Morgan fingerprint density at radius 3 is 1.48 bits per heavy atom. The summed E-state index contributed by atoms with van der Waals surface area (Å²) in [6.45, 7) is 3.94. The molecule has 0 amide bonds. The van der Waals surface area contributed by atoms with Gasteiger partial charge in [-0.1, -0.05) is 138 Å². The molecule has 0 aliphatic carbocycles. The number of aliphatic hydroxyl groups excluding tert-OH is 1. The number of hydrogen-bond acceptors (Lipinski definition) is 5. The smallest absolute Gasteiger partial charge is 0.306 e. The number of unbranched alkanes of at least 4 members (excludes halogenated alkanes) is 12. The van der Waals surface area contributed by atoms with Crippen molar-refractivity contribution < 1.29 is 24.2 Å². The van der Waals surface area contributed by atoms with Gasteiger partial charge in [0.1, 0.15) is 6.61 Å². The Balaban J connectivity index is 3.71. The summed E-state index contributed by atoms with van der Waals surface area (Å²) in [5.41, 5.74) is 0. The molecule has 5 heteroatoms. The Hall–Kier alpha value is -2.66. The second kappa shape index (κ2) is 36.8. The number of ether oxygens (including phenoxy) is 2. The summed E-state index contributed by atoms with van der Waals surface area (Å²) in [6, 6.07) is 0. The van der Waals surface area contributed by atoms with Gasteiger partial charge in [0, 0.05) is 12.8 Å². The first-order valence-electron chi connectivity index (χ1n) is 18.5. The van der Waals surface area contributed by atoms with Gasteiger partial charge in [-0.15, -0.1) is 0 Å². The molecule has 0 heterocycles. The molecule has 0 aromatic rings. The van der Waals surface area contributed by atoms with Crippen LogP contribution in [-0.2, 0) is 19.1 Å². The third kappa shape index (κ3) is 34.2. The second-order valence-electron chi connectivity index (χ2n) is 11.9. The molecule has 0 rings (SSSR count). The van der Waals surface area contributed by atoms with E-state index in [0.717, 1.165) is 70.6 Å². The van der Waals surface area contributed by atoms with Crippen LogP contribution in [0.5, 0.6) is 0 Å². The molecule has 0 aliphatic heterocycles. The molecule has 0 radical (unpaired) electrons. The van der Waals surface area contributed by atoms with E-state index in [1.165, 1.54) is 51.4 Å². The number of carbonyl (C=O) groups is 2. The number of rotatable bonds is 32. The SMILES string of the molecule is CCC=CCC=CCC=CCCCCCCCC(=O)OC[C@H](CO)OC(=O)CCCC=CCC=CCC=CCCCCCCCC. The highest BCUT2D eigenvalue weighted by atomic mass is 16.6. The first-order chi connectivity index (χ1) is 22.6. The fraction of sp³-hybridized carbons (Fsp3) is 0.659. The van der Waals surface area contributed by atoms with Crippen LogP contribution in [0.15, 0.2) is 72.9 Å². The lowest BCUT2D eigenvalue weighted by atomic mass is 10.1. The molecule has 0 unspecified atom stereocenters. The Kier molecular flexibility index (Phi) is 34.7. The van der Waals surface area contributed by atoms with Crippen LogP contribution in [-0.4, -0.2) is 36.4 Å². The molecular weight excluding hydrogens is 572 g/mol. The first-order valence-corrected chi connectivity index (χ1v) is 18.5. The maximum absolute atomic E-state index is 12.1. The van der Waals surface area contributed by atoms with Crippen molar-refractivity contribution in [3.05, 3.63) is 72.9 Å². The molecule has 0 aliphatic rings. The summed E-state index contributed by atoms with van der Waals surface area (Å²) in [5, 5.41) is 9.52.